The maximum Gasteiger partial charge on any atom is 0.311 e. The van der Waals surface area contributed by atoms with Gasteiger partial charge in [-0.25, -0.2) is 0 Å². The highest BCUT2D eigenvalue weighted by Gasteiger charge is 2.36. The molecule has 84 valence electrons. The molecule has 3 N–H and O–H groups in total. The third-order valence-corrected chi connectivity index (χ3v) is 2.55. The van der Waals surface area contributed by atoms with Crippen molar-refractivity contribution in [2.75, 3.05) is 13.2 Å². The van der Waals surface area contributed by atoms with Crippen LogP contribution in [0.3, 0.4) is 0 Å². The number of carbonyl (C=O) groups is 1. The summed E-state index contributed by atoms with van der Waals surface area (Å²) in [6, 6.07) is 0. The molecule has 0 amide bonds. The van der Waals surface area contributed by atoms with Crippen molar-refractivity contribution in [1.29, 1.82) is 0 Å². The van der Waals surface area contributed by atoms with Crippen LogP contribution in [-0.2, 0) is 4.79 Å². The van der Waals surface area contributed by atoms with E-state index in [1.54, 1.807) is 0 Å². The van der Waals surface area contributed by atoms with Gasteiger partial charge in [0, 0.05) is 6.61 Å². The highest BCUT2D eigenvalue weighted by Crippen LogP contribution is 2.30. The monoisotopic (exact) mass is 204 g/mol. The number of aliphatic carboxylic acids is 1. The average Bonchev–Trinajstić information content (AvgIpc) is 2.16. The van der Waals surface area contributed by atoms with Crippen LogP contribution in [0.2, 0.25) is 0 Å². The van der Waals surface area contributed by atoms with Crippen molar-refractivity contribution in [3.8, 4) is 0 Å². The van der Waals surface area contributed by atoms with Crippen molar-refractivity contribution in [3.05, 3.63) is 0 Å². The van der Waals surface area contributed by atoms with Gasteiger partial charge in [-0.05, 0) is 25.7 Å². The van der Waals surface area contributed by atoms with Crippen LogP contribution < -0.4 is 0 Å². The van der Waals surface area contributed by atoms with Crippen LogP contribution in [0.4, 0.5) is 0 Å². The maximum atomic E-state index is 11.0. The molecule has 0 rings (SSSR count). The molecule has 0 aromatic rings. The number of hydrogen-bond acceptors (Lipinski definition) is 3. The lowest BCUT2D eigenvalue weighted by Crippen LogP contribution is -2.34. The highest BCUT2D eigenvalue weighted by molar-refractivity contribution is 5.74. The predicted molar refractivity (Wildman–Crippen MR) is 53.0 cm³/mol. The summed E-state index contributed by atoms with van der Waals surface area (Å²) in [5.41, 5.74) is -0.996. The van der Waals surface area contributed by atoms with Crippen LogP contribution in [0.25, 0.3) is 0 Å². The Morgan fingerprint density at radius 3 is 2.21 bits per heavy atom. The summed E-state index contributed by atoms with van der Waals surface area (Å²) in [6.07, 6.45) is 2.91. The van der Waals surface area contributed by atoms with Crippen LogP contribution in [-0.4, -0.2) is 34.5 Å². The van der Waals surface area contributed by atoms with Crippen LogP contribution >= 0.6 is 0 Å². The maximum absolute atomic E-state index is 11.0. The van der Waals surface area contributed by atoms with Gasteiger partial charge in [0.1, 0.15) is 0 Å². The number of aliphatic hydroxyl groups excluding tert-OH is 2. The zero-order chi connectivity index (χ0) is 11.0. The van der Waals surface area contributed by atoms with Crippen molar-refractivity contribution in [1.82, 2.24) is 0 Å². The van der Waals surface area contributed by atoms with E-state index in [2.05, 4.69) is 0 Å². The van der Waals surface area contributed by atoms with E-state index in [-0.39, 0.29) is 13.2 Å². The van der Waals surface area contributed by atoms with Gasteiger partial charge in [-0.3, -0.25) is 4.79 Å². The average molecular weight is 204 g/mol. The Morgan fingerprint density at radius 2 is 1.86 bits per heavy atom. The van der Waals surface area contributed by atoms with Gasteiger partial charge in [-0.15, -0.1) is 0 Å². The summed E-state index contributed by atoms with van der Waals surface area (Å²) in [5.74, 6) is -0.931. The summed E-state index contributed by atoms with van der Waals surface area (Å²) in [4.78, 5) is 11.0. The first kappa shape index (κ1) is 13.4. The number of carboxylic acid groups (broad SMARTS) is 1. The molecule has 0 spiro atoms. The molecule has 0 aromatic heterocycles. The molecule has 0 saturated carbocycles. The minimum Gasteiger partial charge on any atom is -0.481 e. The van der Waals surface area contributed by atoms with E-state index in [9.17, 15) is 4.79 Å². The van der Waals surface area contributed by atoms with Crippen molar-refractivity contribution >= 4 is 5.97 Å². The molecule has 0 saturated heterocycles. The topological polar surface area (TPSA) is 77.8 Å². The van der Waals surface area contributed by atoms with E-state index < -0.39 is 11.4 Å². The van der Waals surface area contributed by atoms with Gasteiger partial charge in [-0.2, -0.15) is 0 Å². The Labute approximate surface area is 84.6 Å². The lowest BCUT2D eigenvalue weighted by Gasteiger charge is -2.26. The van der Waals surface area contributed by atoms with Crippen molar-refractivity contribution in [2.24, 2.45) is 5.41 Å². The van der Waals surface area contributed by atoms with Crippen molar-refractivity contribution < 1.29 is 20.1 Å². The third-order valence-electron chi connectivity index (χ3n) is 2.55. The number of rotatable bonds is 8. The van der Waals surface area contributed by atoms with Crippen LogP contribution in [0.1, 0.15) is 39.0 Å². The second-order valence-corrected chi connectivity index (χ2v) is 3.67. The lowest BCUT2D eigenvalue weighted by molar-refractivity contribution is -0.152. The molecule has 1 atom stereocenters. The largest absolute Gasteiger partial charge is 0.481 e. The zero-order valence-electron chi connectivity index (χ0n) is 8.70. The highest BCUT2D eigenvalue weighted by atomic mass is 16.4. The molecule has 4 heteroatoms. The quantitative estimate of drug-likeness (QED) is 0.516. The standard InChI is InChI=1S/C10H20O4/c1-2-5-10(8-12,9(13)14)6-3-4-7-11/h11-12H,2-8H2,1H3,(H,13,14). The minimum atomic E-state index is -0.996. The first-order valence-corrected chi connectivity index (χ1v) is 5.08. The summed E-state index contributed by atoms with van der Waals surface area (Å²) in [6.45, 7) is 1.66. The SMILES string of the molecule is CCCC(CO)(CCCCO)C(=O)O. The number of unbranched alkanes of at least 4 members (excludes halogenated alkanes) is 1. The Balaban J connectivity index is 4.26. The van der Waals surface area contributed by atoms with E-state index in [0.29, 0.717) is 25.7 Å². The van der Waals surface area contributed by atoms with Gasteiger partial charge in [0.05, 0.1) is 12.0 Å². The fourth-order valence-electron chi connectivity index (χ4n) is 1.62. The Bertz CT molecular complexity index is 170. The number of aliphatic hydroxyl groups is 2. The zero-order valence-corrected chi connectivity index (χ0v) is 8.70. The minimum absolute atomic E-state index is 0.0766. The van der Waals surface area contributed by atoms with Gasteiger partial charge >= 0.3 is 5.97 Å². The summed E-state index contributed by atoms with van der Waals surface area (Å²) >= 11 is 0. The van der Waals surface area contributed by atoms with Crippen LogP contribution in [0, 0.1) is 5.41 Å². The second kappa shape index (κ2) is 6.79. The number of hydrogen-bond donors (Lipinski definition) is 3. The lowest BCUT2D eigenvalue weighted by atomic mass is 9.79. The Morgan fingerprint density at radius 1 is 1.21 bits per heavy atom. The molecule has 0 fully saturated rings. The fraction of sp³-hybridized carbons (Fsp3) is 0.900. The van der Waals surface area contributed by atoms with Gasteiger partial charge in [0.2, 0.25) is 0 Å². The predicted octanol–water partition coefficient (Wildman–Crippen LogP) is 1.01. The molecule has 14 heavy (non-hydrogen) atoms. The van der Waals surface area contributed by atoms with Gasteiger partial charge in [0.25, 0.3) is 0 Å². The summed E-state index contributed by atoms with van der Waals surface area (Å²) in [5, 5.41) is 26.8. The molecule has 0 bridgehead atoms. The van der Waals surface area contributed by atoms with Gasteiger partial charge in [0.15, 0.2) is 0 Å². The molecule has 0 aliphatic carbocycles. The summed E-state index contributed by atoms with van der Waals surface area (Å²) < 4.78 is 0. The summed E-state index contributed by atoms with van der Waals surface area (Å²) in [7, 11) is 0. The van der Waals surface area contributed by atoms with Crippen LogP contribution in [0.5, 0.6) is 0 Å². The molecular formula is C10H20O4. The first-order chi connectivity index (χ1) is 6.63. The van der Waals surface area contributed by atoms with Crippen molar-refractivity contribution in [3.63, 3.8) is 0 Å². The fourth-order valence-corrected chi connectivity index (χ4v) is 1.62. The van der Waals surface area contributed by atoms with E-state index in [1.807, 2.05) is 6.92 Å². The van der Waals surface area contributed by atoms with E-state index in [1.165, 1.54) is 0 Å². The first-order valence-electron chi connectivity index (χ1n) is 5.08. The molecule has 0 radical (unpaired) electrons. The molecule has 4 nitrogen and oxygen atoms in total. The normalized spacial score (nSPS) is 15.1. The van der Waals surface area contributed by atoms with E-state index in [0.717, 1.165) is 6.42 Å². The van der Waals surface area contributed by atoms with Gasteiger partial charge in [-0.1, -0.05) is 13.3 Å². The molecule has 0 heterocycles. The molecule has 0 aliphatic rings. The number of carboxylic acids is 1. The molecule has 0 aromatic carbocycles. The Hall–Kier alpha value is -0.610. The smallest absolute Gasteiger partial charge is 0.311 e. The van der Waals surface area contributed by atoms with E-state index >= 15 is 0 Å². The van der Waals surface area contributed by atoms with Crippen LogP contribution in [0.15, 0.2) is 0 Å². The van der Waals surface area contributed by atoms with E-state index in [4.69, 9.17) is 15.3 Å². The van der Waals surface area contributed by atoms with Gasteiger partial charge < -0.3 is 15.3 Å². The third kappa shape index (κ3) is 3.64. The molecule has 1 unspecified atom stereocenters. The van der Waals surface area contributed by atoms with Crippen molar-refractivity contribution in [2.45, 2.75) is 39.0 Å². The molecular weight excluding hydrogens is 184 g/mol. The second-order valence-electron chi connectivity index (χ2n) is 3.67. The molecule has 0 aliphatic heterocycles. The Kier molecular flexibility index (Phi) is 6.49.